The minimum atomic E-state index is -2.76. The number of alkyl halides is 2. The molecule has 0 amide bonds. The molecule has 2 aliphatic rings. The van der Waals surface area contributed by atoms with Crippen LogP contribution in [-0.4, -0.2) is 12.6 Å². The van der Waals surface area contributed by atoms with E-state index in [-0.39, 0.29) is 12.1 Å². The highest BCUT2D eigenvalue weighted by Gasteiger charge is 2.43. The minimum absolute atomic E-state index is 0.114. The molecule has 0 atom stereocenters. The van der Waals surface area contributed by atoms with Gasteiger partial charge in [0, 0.05) is 11.6 Å². The Morgan fingerprint density at radius 2 is 1.61 bits per heavy atom. The lowest BCUT2D eigenvalue weighted by molar-refractivity contribution is -0.00705. The topological polar surface area (TPSA) is 12.0 Å². The van der Waals surface area contributed by atoms with Crippen LogP contribution in [0.2, 0.25) is 0 Å². The smallest absolute Gasteiger partial charge is 0.285 e. The van der Waals surface area contributed by atoms with E-state index in [9.17, 15) is 8.78 Å². The summed E-state index contributed by atoms with van der Waals surface area (Å²) in [6, 6.07) is 8.45. The third-order valence-electron chi connectivity index (χ3n) is 4.02. The fraction of sp³-hybridized carbons (Fsp3) is 0.600. The molecule has 18 heavy (non-hydrogen) atoms. The van der Waals surface area contributed by atoms with E-state index in [1.165, 1.54) is 37.8 Å². The zero-order valence-electron chi connectivity index (χ0n) is 10.4. The van der Waals surface area contributed by atoms with Crippen molar-refractivity contribution in [3.63, 3.8) is 0 Å². The van der Waals surface area contributed by atoms with Gasteiger partial charge < -0.3 is 5.32 Å². The molecule has 1 aromatic carbocycles. The highest BCUT2D eigenvalue weighted by Crippen LogP contribution is 2.44. The first-order valence-corrected chi connectivity index (χ1v) is 6.83. The van der Waals surface area contributed by atoms with Crippen LogP contribution in [-0.2, 0) is 5.92 Å². The van der Waals surface area contributed by atoms with Gasteiger partial charge in [0.25, 0.3) is 5.92 Å². The van der Waals surface area contributed by atoms with Crippen molar-refractivity contribution < 1.29 is 8.78 Å². The molecular formula is C15H19F2N. The van der Waals surface area contributed by atoms with Crippen LogP contribution < -0.4 is 5.32 Å². The SMILES string of the molecule is FC(F)(CNC(C1CC1)C1CC1)c1ccccc1. The van der Waals surface area contributed by atoms with Crippen LogP contribution in [0.4, 0.5) is 8.78 Å². The van der Waals surface area contributed by atoms with Crippen molar-refractivity contribution in [3.8, 4) is 0 Å². The maximum atomic E-state index is 14.0. The molecule has 3 rings (SSSR count). The molecule has 0 aromatic heterocycles. The molecule has 0 saturated heterocycles. The van der Waals surface area contributed by atoms with E-state index in [2.05, 4.69) is 5.32 Å². The van der Waals surface area contributed by atoms with Crippen molar-refractivity contribution in [1.29, 1.82) is 0 Å². The van der Waals surface area contributed by atoms with Gasteiger partial charge in [0.05, 0.1) is 6.54 Å². The van der Waals surface area contributed by atoms with Crippen LogP contribution in [0.25, 0.3) is 0 Å². The fourth-order valence-corrected chi connectivity index (χ4v) is 2.66. The van der Waals surface area contributed by atoms with Crippen LogP contribution in [0, 0.1) is 11.8 Å². The molecule has 2 saturated carbocycles. The molecule has 0 radical (unpaired) electrons. The monoisotopic (exact) mass is 251 g/mol. The quantitative estimate of drug-likeness (QED) is 0.815. The first-order valence-electron chi connectivity index (χ1n) is 6.83. The van der Waals surface area contributed by atoms with Crippen molar-refractivity contribution in [2.24, 2.45) is 11.8 Å². The lowest BCUT2D eigenvalue weighted by atomic mass is 10.1. The molecule has 1 aromatic rings. The van der Waals surface area contributed by atoms with E-state index in [1.54, 1.807) is 18.2 Å². The fourth-order valence-electron chi connectivity index (χ4n) is 2.66. The van der Waals surface area contributed by atoms with E-state index in [0.717, 1.165) is 0 Å². The van der Waals surface area contributed by atoms with Crippen molar-refractivity contribution in [2.75, 3.05) is 6.54 Å². The normalized spacial score (nSPS) is 20.4. The third-order valence-corrected chi connectivity index (χ3v) is 4.02. The molecule has 0 aliphatic heterocycles. The van der Waals surface area contributed by atoms with Gasteiger partial charge in [0.15, 0.2) is 0 Å². The molecule has 0 bridgehead atoms. The largest absolute Gasteiger partial charge is 0.308 e. The number of nitrogens with one attached hydrogen (secondary N) is 1. The van der Waals surface area contributed by atoms with E-state index >= 15 is 0 Å². The van der Waals surface area contributed by atoms with Crippen molar-refractivity contribution >= 4 is 0 Å². The van der Waals surface area contributed by atoms with Crippen LogP contribution in [0.15, 0.2) is 30.3 Å². The average Bonchev–Trinajstić information content (AvgIpc) is 3.24. The lowest BCUT2D eigenvalue weighted by Gasteiger charge is -2.23. The average molecular weight is 251 g/mol. The lowest BCUT2D eigenvalue weighted by Crippen LogP contribution is -2.40. The molecule has 2 fully saturated rings. The number of hydrogen-bond acceptors (Lipinski definition) is 1. The standard InChI is InChI=1S/C15H19F2N/c16-15(17,13-4-2-1-3-5-13)10-18-14(11-6-7-11)12-8-9-12/h1-5,11-12,14,18H,6-10H2. The minimum Gasteiger partial charge on any atom is -0.308 e. The Morgan fingerprint density at radius 1 is 1.06 bits per heavy atom. The van der Waals surface area contributed by atoms with Gasteiger partial charge in [0.1, 0.15) is 0 Å². The summed E-state index contributed by atoms with van der Waals surface area (Å²) in [5.41, 5.74) is 0.114. The van der Waals surface area contributed by atoms with Gasteiger partial charge in [-0.05, 0) is 37.5 Å². The molecule has 1 nitrogen and oxygen atoms in total. The summed E-state index contributed by atoms with van der Waals surface area (Å²) in [6.07, 6.45) is 4.85. The first-order chi connectivity index (χ1) is 8.67. The molecule has 2 aliphatic carbocycles. The Balaban J connectivity index is 1.61. The third kappa shape index (κ3) is 2.72. The second kappa shape index (κ2) is 4.61. The molecular weight excluding hydrogens is 232 g/mol. The van der Waals surface area contributed by atoms with Crippen molar-refractivity contribution in [1.82, 2.24) is 5.32 Å². The van der Waals surface area contributed by atoms with Gasteiger partial charge in [-0.15, -0.1) is 0 Å². The second-order valence-corrected chi connectivity index (χ2v) is 5.65. The zero-order valence-corrected chi connectivity index (χ0v) is 10.4. The van der Waals surface area contributed by atoms with Crippen molar-refractivity contribution in [3.05, 3.63) is 35.9 Å². The number of halogens is 2. The molecule has 3 heteroatoms. The van der Waals surface area contributed by atoms with Gasteiger partial charge in [-0.2, -0.15) is 8.78 Å². The Labute approximate surface area is 107 Å². The van der Waals surface area contributed by atoms with Gasteiger partial charge in [-0.25, -0.2) is 0 Å². The molecule has 0 unspecified atom stereocenters. The Bertz CT molecular complexity index is 384. The van der Waals surface area contributed by atoms with Gasteiger partial charge >= 0.3 is 0 Å². The Kier molecular flexibility index (Phi) is 3.10. The second-order valence-electron chi connectivity index (χ2n) is 5.65. The van der Waals surface area contributed by atoms with E-state index < -0.39 is 5.92 Å². The maximum Gasteiger partial charge on any atom is 0.285 e. The van der Waals surface area contributed by atoms with Crippen LogP contribution in [0.3, 0.4) is 0 Å². The molecule has 1 N–H and O–H groups in total. The van der Waals surface area contributed by atoms with Crippen LogP contribution in [0.5, 0.6) is 0 Å². The Morgan fingerprint density at radius 3 is 2.11 bits per heavy atom. The zero-order chi connectivity index (χ0) is 12.6. The van der Waals surface area contributed by atoms with Gasteiger partial charge in [-0.3, -0.25) is 0 Å². The highest BCUT2D eigenvalue weighted by molar-refractivity contribution is 5.20. The first kappa shape index (κ1) is 12.1. The van der Waals surface area contributed by atoms with Crippen LogP contribution >= 0.6 is 0 Å². The number of hydrogen-bond donors (Lipinski definition) is 1. The summed E-state index contributed by atoms with van der Waals surface area (Å²) in [7, 11) is 0. The van der Waals surface area contributed by atoms with Crippen LogP contribution in [0.1, 0.15) is 31.2 Å². The predicted octanol–water partition coefficient (Wildman–Crippen LogP) is 3.56. The van der Waals surface area contributed by atoms with Gasteiger partial charge in [-0.1, -0.05) is 30.3 Å². The molecule has 0 spiro atoms. The summed E-state index contributed by atoms with van der Waals surface area (Å²) in [6.45, 7) is -0.227. The van der Waals surface area contributed by atoms with Crippen molar-refractivity contribution in [2.45, 2.75) is 37.6 Å². The molecule has 0 heterocycles. The van der Waals surface area contributed by atoms with E-state index in [0.29, 0.717) is 17.9 Å². The summed E-state index contributed by atoms with van der Waals surface area (Å²) in [5, 5.41) is 3.13. The summed E-state index contributed by atoms with van der Waals surface area (Å²) in [5.74, 6) is -1.45. The predicted molar refractivity (Wildman–Crippen MR) is 67.6 cm³/mol. The summed E-state index contributed by atoms with van der Waals surface area (Å²) < 4.78 is 28.0. The number of benzene rings is 1. The summed E-state index contributed by atoms with van der Waals surface area (Å²) in [4.78, 5) is 0. The van der Waals surface area contributed by atoms with E-state index in [1.807, 2.05) is 0 Å². The summed E-state index contributed by atoms with van der Waals surface area (Å²) >= 11 is 0. The van der Waals surface area contributed by atoms with Gasteiger partial charge in [0.2, 0.25) is 0 Å². The molecule has 98 valence electrons. The Hall–Kier alpha value is -0.960. The van der Waals surface area contributed by atoms with E-state index in [4.69, 9.17) is 0 Å². The maximum absolute atomic E-state index is 14.0. The highest BCUT2D eigenvalue weighted by atomic mass is 19.3. The number of rotatable bonds is 6.